The van der Waals surface area contributed by atoms with E-state index in [1.165, 1.54) is 24.0 Å². The summed E-state index contributed by atoms with van der Waals surface area (Å²) >= 11 is 1.22. The van der Waals surface area contributed by atoms with E-state index in [9.17, 15) is 9.59 Å². The number of hydrogen-bond acceptors (Lipinski definition) is 9. The fourth-order valence-corrected chi connectivity index (χ4v) is 5.54. The van der Waals surface area contributed by atoms with Crippen molar-refractivity contribution in [3.05, 3.63) is 52.7 Å². The lowest BCUT2D eigenvalue weighted by molar-refractivity contribution is -0.105. The highest BCUT2D eigenvalue weighted by atomic mass is 32.1. The molecule has 3 heterocycles. The number of nitrogens with one attached hydrogen (secondary N) is 3. The van der Waals surface area contributed by atoms with Crippen LogP contribution in [-0.4, -0.2) is 54.6 Å². The average Bonchev–Trinajstić information content (AvgIpc) is 3.39. The van der Waals surface area contributed by atoms with E-state index in [4.69, 9.17) is 14.5 Å². The summed E-state index contributed by atoms with van der Waals surface area (Å²) in [5, 5.41) is 10.6. The van der Waals surface area contributed by atoms with Crippen molar-refractivity contribution in [3.63, 3.8) is 0 Å². The van der Waals surface area contributed by atoms with Gasteiger partial charge in [0.05, 0.1) is 19.7 Å². The number of thiazole rings is 1. The first-order valence-electron chi connectivity index (χ1n) is 12.3. The second kappa shape index (κ2) is 11.4. The van der Waals surface area contributed by atoms with Crippen LogP contribution in [0.5, 0.6) is 11.6 Å². The first kappa shape index (κ1) is 25.4. The molecule has 3 aromatic heterocycles. The molecule has 0 radical (unpaired) electrons. The zero-order valence-corrected chi connectivity index (χ0v) is 22.0. The third-order valence-corrected chi connectivity index (χ3v) is 7.48. The third-order valence-electron chi connectivity index (χ3n) is 6.39. The van der Waals surface area contributed by atoms with Gasteiger partial charge in [-0.1, -0.05) is 0 Å². The number of ether oxygens (including phenoxy) is 2. The molecule has 1 aromatic carbocycles. The van der Waals surface area contributed by atoms with Crippen molar-refractivity contribution in [2.75, 3.05) is 37.9 Å². The molecule has 0 bridgehead atoms. The highest BCUT2D eigenvalue weighted by molar-refractivity contribution is 7.17. The van der Waals surface area contributed by atoms with Gasteiger partial charge in [-0.25, -0.2) is 9.97 Å². The Morgan fingerprint density at radius 1 is 1.08 bits per heavy atom. The molecule has 0 aliphatic heterocycles. The molecule has 0 spiro atoms. The van der Waals surface area contributed by atoms with Crippen molar-refractivity contribution < 1.29 is 19.1 Å². The molecule has 11 heteroatoms. The van der Waals surface area contributed by atoms with Gasteiger partial charge in [0.15, 0.2) is 4.88 Å². The number of amides is 2. The second-order valence-corrected chi connectivity index (χ2v) is 9.73. The Morgan fingerprint density at radius 3 is 2.76 bits per heavy atom. The summed E-state index contributed by atoms with van der Waals surface area (Å²) in [7, 11) is 3.14. The van der Waals surface area contributed by atoms with Gasteiger partial charge in [0.25, 0.3) is 5.91 Å². The molecule has 1 aliphatic rings. The van der Waals surface area contributed by atoms with E-state index in [-0.39, 0.29) is 11.8 Å². The minimum absolute atomic E-state index is 0.249. The van der Waals surface area contributed by atoms with Crippen LogP contribution in [-0.2, 0) is 17.6 Å². The second-order valence-electron chi connectivity index (χ2n) is 8.73. The molecule has 4 aromatic rings. The highest BCUT2D eigenvalue weighted by Crippen LogP contribution is 2.35. The van der Waals surface area contributed by atoms with E-state index in [1.54, 1.807) is 25.4 Å². The minimum atomic E-state index is -0.268. The van der Waals surface area contributed by atoms with Gasteiger partial charge in [0, 0.05) is 41.6 Å². The van der Waals surface area contributed by atoms with Gasteiger partial charge in [-0.15, -0.1) is 11.3 Å². The van der Waals surface area contributed by atoms with Crippen molar-refractivity contribution >= 4 is 46.1 Å². The first-order valence-corrected chi connectivity index (χ1v) is 13.2. The number of methoxy groups -OCH3 is 2. The number of carbonyl (C=O) groups is 2. The van der Waals surface area contributed by atoms with Crippen LogP contribution in [0.2, 0.25) is 0 Å². The summed E-state index contributed by atoms with van der Waals surface area (Å²) in [6.45, 7) is 0.938. The molecular formula is C27H28N6O4S. The maximum atomic E-state index is 13.0. The lowest BCUT2D eigenvalue weighted by atomic mass is 9.92. The SMILES string of the molecule is COc1ccc2nc3c(c(NCCNC(=O)c4sc(-c5ccnc(NC=O)c5)nc4OC)c2c1)CCCC3. The lowest BCUT2D eigenvalue weighted by Gasteiger charge is -2.22. The summed E-state index contributed by atoms with van der Waals surface area (Å²) in [6, 6.07) is 9.37. The Balaban J connectivity index is 1.30. The summed E-state index contributed by atoms with van der Waals surface area (Å²) < 4.78 is 10.8. The van der Waals surface area contributed by atoms with Gasteiger partial charge in [-0.05, 0) is 61.6 Å². The maximum absolute atomic E-state index is 13.0. The number of fused-ring (bicyclic) bond motifs is 2. The molecule has 196 valence electrons. The monoisotopic (exact) mass is 532 g/mol. The van der Waals surface area contributed by atoms with E-state index in [1.807, 2.05) is 18.2 Å². The van der Waals surface area contributed by atoms with Crippen LogP contribution in [0.25, 0.3) is 21.5 Å². The molecule has 38 heavy (non-hydrogen) atoms. The predicted octanol–water partition coefficient (Wildman–Crippen LogP) is 4.06. The number of carbonyl (C=O) groups excluding carboxylic acids is 2. The topological polar surface area (TPSA) is 127 Å². The highest BCUT2D eigenvalue weighted by Gasteiger charge is 2.21. The molecular weight excluding hydrogens is 504 g/mol. The standard InChI is InChI=1S/C27H28N6O4S/c1-36-17-7-8-21-19(14-17)23(18-5-3-4-6-20(18)32-21)29-11-12-30-25(35)24-26(37-2)33-27(38-24)16-9-10-28-22(13-16)31-15-34/h7-10,13-15H,3-6,11-12H2,1-2H3,(H,29,32)(H,30,35)(H,28,31,34). The van der Waals surface area contributed by atoms with Crippen LogP contribution in [0.1, 0.15) is 33.8 Å². The molecule has 1 aliphatic carbocycles. The van der Waals surface area contributed by atoms with E-state index >= 15 is 0 Å². The quantitative estimate of drug-likeness (QED) is 0.206. The van der Waals surface area contributed by atoms with Crippen molar-refractivity contribution in [2.24, 2.45) is 0 Å². The number of aromatic nitrogens is 3. The van der Waals surface area contributed by atoms with Crippen molar-refractivity contribution in [1.29, 1.82) is 0 Å². The molecule has 0 saturated carbocycles. The molecule has 0 atom stereocenters. The maximum Gasteiger partial charge on any atom is 0.267 e. The third kappa shape index (κ3) is 5.23. The fourth-order valence-electron chi connectivity index (χ4n) is 4.59. The zero-order valence-electron chi connectivity index (χ0n) is 21.2. The summed E-state index contributed by atoms with van der Waals surface area (Å²) in [5.74, 6) is 1.16. The fraction of sp³-hybridized carbons (Fsp3) is 0.296. The van der Waals surface area contributed by atoms with Crippen molar-refractivity contribution in [2.45, 2.75) is 25.7 Å². The Labute approximate surface area is 223 Å². The molecule has 0 saturated heterocycles. The molecule has 3 N–H and O–H groups in total. The normalized spacial score (nSPS) is 12.5. The number of anilines is 2. The lowest BCUT2D eigenvalue weighted by Crippen LogP contribution is -2.29. The minimum Gasteiger partial charge on any atom is -0.497 e. The first-order chi connectivity index (χ1) is 18.6. The Bertz CT molecular complexity index is 1490. The van der Waals surface area contributed by atoms with Crippen LogP contribution < -0.4 is 25.4 Å². The Morgan fingerprint density at radius 2 is 1.95 bits per heavy atom. The van der Waals surface area contributed by atoms with E-state index < -0.39 is 0 Å². The summed E-state index contributed by atoms with van der Waals surface area (Å²) in [4.78, 5) is 37.6. The number of rotatable bonds is 10. The van der Waals surface area contributed by atoms with Crippen molar-refractivity contribution in [3.8, 4) is 22.2 Å². The van der Waals surface area contributed by atoms with E-state index in [2.05, 4.69) is 25.9 Å². The number of hydrogen-bond donors (Lipinski definition) is 3. The smallest absolute Gasteiger partial charge is 0.267 e. The van der Waals surface area contributed by atoms with E-state index in [0.29, 0.717) is 35.2 Å². The largest absolute Gasteiger partial charge is 0.497 e. The van der Waals surface area contributed by atoms with Crippen LogP contribution in [0.4, 0.5) is 11.5 Å². The molecule has 5 rings (SSSR count). The van der Waals surface area contributed by atoms with Gasteiger partial charge >= 0.3 is 0 Å². The Kier molecular flexibility index (Phi) is 7.64. The van der Waals surface area contributed by atoms with Crippen LogP contribution in [0.3, 0.4) is 0 Å². The van der Waals surface area contributed by atoms with Crippen LogP contribution in [0.15, 0.2) is 36.5 Å². The van der Waals surface area contributed by atoms with Crippen LogP contribution >= 0.6 is 11.3 Å². The van der Waals surface area contributed by atoms with Crippen LogP contribution in [0, 0.1) is 0 Å². The van der Waals surface area contributed by atoms with Gasteiger partial charge < -0.3 is 25.4 Å². The van der Waals surface area contributed by atoms with E-state index in [0.717, 1.165) is 59.3 Å². The van der Waals surface area contributed by atoms with Gasteiger partial charge in [-0.2, -0.15) is 0 Å². The average molecular weight is 533 g/mol. The number of benzene rings is 1. The van der Waals surface area contributed by atoms with Gasteiger partial charge in [-0.3, -0.25) is 14.6 Å². The predicted molar refractivity (Wildman–Crippen MR) is 147 cm³/mol. The Hall–Kier alpha value is -4.25. The number of pyridine rings is 2. The number of nitrogens with zero attached hydrogens (tertiary/aromatic N) is 3. The molecule has 2 amide bonds. The molecule has 10 nitrogen and oxygen atoms in total. The van der Waals surface area contributed by atoms with Crippen molar-refractivity contribution in [1.82, 2.24) is 20.3 Å². The molecule has 0 fully saturated rings. The summed E-state index contributed by atoms with van der Waals surface area (Å²) in [5.41, 5.74) is 5.11. The molecule has 0 unspecified atom stereocenters. The zero-order chi connectivity index (χ0) is 26.5. The summed E-state index contributed by atoms with van der Waals surface area (Å²) in [6.07, 6.45) is 6.35. The number of aryl methyl sites for hydroxylation is 1. The van der Waals surface area contributed by atoms with Gasteiger partial charge in [0.1, 0.15) is 16.6 Å². The van der Waals surface area contributed by atoms with Gasteiger partial charge in [0.2, 0.25) is 12.3 Å².